The third kappa shape index (κ3) is 4.24. The lowest BCUT2D eigenvalue weighted by Crippen LogP contribution is -2.22. The summed E-state index contributed by atoms with van der Waals surface area (Å²) in [6.07, 6.45) is -2.15. The highest BCUT2D eigenvalue weighted by Gasteiger charge is 2.34. The normalized spacial score (nSPS) is 24.4. The molecule has 0 spiro atoms. The second-order valence-electron chi connectivity index (χ2n) is 5.72. The van der Waals surface area contributed by atoms with Crippen molar-refractivity contribution in [3.8, 4) is 5.75 Å². The maximum absolute atomic E-state index is 12.4. The topological polar surface area (TPSA) is 29.5 Å². The van der Waals surface area contributed by atoms with E-state index in [2.05, 4.69) is 10.8 Å². The Morgan fingerprint density at radius 3 is 2.57 bits per heavy atom. The number of aliphatic hydroxyl groups excluding tert-OH is 1. The monoisotopic (exact) mass is 300 g/mol. The molecule has 0 fully saturated rings. The zero-order valence-electron chi connectivity index (χ0n) is 12.0. The van der Waals surface area contributed by atoms with Gasteiger partial charge in [0.05, 0.1) is 6.10 Å². The minimum atomic E-state index is -4.76. The quantitative estimate of drug-likeness (QED) is 0.826. The van der Waals surface area contributed by atoms with Gasteiger partial charge in [-0.15, -0.1) is 13.2 Å². The maximum Gasteiger partial charge on any atom is 0.573 e. The molecule has 21 heavy (non-hydrogen) atoms. The summed E-state index contributed by atoms with van der Waals surface area (Å²) < 4.78 is 41.3. The van der Waals surface area contributed by atoms with Gasteiger partial charge in [0.15, 0.2) is 0 Å². The van der Waals surface area contributed by atoms with E-state index in [1.807, 2.05) is 13.8 Å². The highest BCUT2D eigenvalue weighted by Crippen LogP contribution is 2.40. The van der Waals surface area contributed by atoms with Crippen LogP contribution in [0, 0.1) is 11.8 Å². The van der Waals surface area contributed by atoms with Crippen molar-refractivity contribution in [1.29, 1.82) is 0 Å². The van der Waals surface area contributed by atoms with E-state index in [-0.39, 0.29) is 17.2 Å². The molecule has 1 aliphatic carbocycles. The minimum absolute atomic E-state index is 0.0945. The van der Waals surface area contributed by atoms with E-state index < -0.39 is 12.5 Å². The van der Waals surface area contributed by atoms with Crippen LogP contribution in [0.15, 0.2) is 35.9 Å². The Kier molecular flexibility index (Phi) is 4.61. The highest BCUT2D eigenvalue weighted by atomic mass is 19.4. The molecular formula is C16H19F3O2. The van der Waals surface area contributed by atoms with Gasteiger partial charge in [0.1, 0.15) is 5.75 Å². The Morgan fingerprint density at radius 2 is 1.95 bits per heavy atom. The Labute approximate surface area is 122 Å². The van der Waals surface area contributed by atoms with Crippen LogP contribution < -0.4 is 4.74 Å². The average Bonchev–Trinajstić information content (AvgIpc) is 2.35. The summed E-state index contributed by atoms with van der Waals surface area (Å²) in [5.41, 5.74) is 1.36. The number of para-hydroxylation sites is 1. The summed E-state index contributed by atoms with van der Waals surface area (Å²) >= 11 is 0. The first-order valence-corrected chi connectivity index (χ1v) is 6.96. The molecule has 1 aromatic rings. The summed E-state index contributed by atoms with van der Waals surface area (Å²) in [5, 5.41) is 10.5. The van der Waals surface area contributed by atoms with E-state index >= 15 is 0 Å². The third-order valence-electron chi connectivity index (χ3n) is 3.74. The largest absolute Gasteiger partial charge is 0.573 e. The lowest BCUT2D eigenvalue weighted by molar-refractivity contribution is -0.275. The smallest absolute Gasteiger partial charge is 0.405 e. The van der Waals surface area contributed by atoms with Gasteiger partial charge >= 0.3 is 6.36 Å². The maximum atomic E-state index is 12.4. The number of benzene rings is 1. The van der Waals surface area contributed by atoms with Crippen molar-refractivity contribution in [3.63, 3.8) is 0 Å². The lowest BCUT2D eigenvalue weighted by Gasteiger charge is -2.30. The first-order valence-electron chi connectivity index (χ1n) is 6.96. The van der Waals surface area contributed by atoms with Gasteiger partial charge in [0.2, 0.25) is 0 Å². The Morgan fingerprint density at radius 1 is 1.29 bits per heavy atom. The summed E-state index contributed by atoms with van der Waals surface area (Å²) in [6.45, 7) is 4.02. The number of rotatable bonds is 3. The van der Waals surface area contributed by atoms with Crippen molar-refractivity contribution in [2.75, 3.05) is 0 Å². The summed E-state index contributed by atoms with van der Waals surface area (Å²) in [5.74, 6) is -0.102. The van der Waals surface area contributed by atoms with E-state index in [0.717, 1.165) is 12.0 Å². The first kappa shape index (κ1) is 15.9. The van der Waals surface area contributed by atoms with Crippen LogP contribution in [0.25, 0.3) is 0 Å². The molecule has 0 amide bonds. The Bertz CT molecular complexity index is 522. The minimum Gasteiger partial charge on any atom is -0.405 e. The molecule has 1 aromatic carbocycles. The fourth-order valence-electron chi connectivity index (χ4n) is 3.03. The number of hydrogen-bond donors (Lipinski definition) is 1. The Balaban J connectivity index is 2.23. The predicted molar refractivity (Wildman–Crippen MR) is 73.7 cm³/mol. The molecule has 5 heteroatoms. The van der Waals surface area contributed by atoms with Crippen LogP contribution in [0.2, 0.25) is 0 Å². The molecule has 1 N–H and O–H groups in total. The van der Waals surface area contributed by atoms with E-state index in [4.69, 9.17) is 0 Å². The van der Waals surface area contributed by atoms with Crippen molar-refractivity contribution in [2.24, 2.45) is 11.8 Å². The molecule has 0 aliphatic heterocycles. The van der Waals surface area contributed by atoms with E-state index in [1.165, 1.54) is 18.2 Å². The SMILES string of the molecule is CC1=CC(C)CC(C(O)c2ccccc2OC(F)(F)F)C1. The molecule has 0 saturated carbocycles. The van der Waals surface area contributed by atoms with E-state index in [9.17, 15) is 18.3 Å². The van der Waals surface area contributed by atoms with Gasteiger partial charge in [-0.25, -0.2) is 0 Å². The number of aliphatic hydroxyl groups is 1. The van der Waals surface area contributed by atoms with Gasteiger partial charge in [-0.05, 0) is 37.7 Å². The molecule has 2 nitrogen and oxygen atoms in total. The lowest BCUT2D eigenvalue weighted by atomic mass is 9.78. The average molecular weight is 300 g/mol. The number of allylic oxidation sites excluding steroid dienone is 2. The van der Waals surface area contributed by atoms with Gasteiger partial charge in [-0.3, -0.25) is 0 Å². The second kappa shape index (κ2) is 6.10. The summed E-state index contributed by atoms with van der Waals surface area (Å²) in [7, 11) is 0. The van der Waals surface area contributed by atoms with E-state index in [1.54, 1.807) is 6.07 Å². The van der Waals surface area contributed by atoms with Crippen LogP contribution in [-0.2, 0) is 0 Å². The summed E-state index contributed by atoms with van der Waals surface area (Å²) in [4.78, 5) is 0. The van der Waals surface area contributed by atoms with Gasteiger partial charge in [-0.2, -0.15) is 0 Å². The number of halogens is 3. The van der Waals surface area contributed by atoms with Crippen molar-refractivity contribution in [3.05, 3.63) is 41.5 Å². The fourth-order valence-corrected chi connectivity index (χ4v) is 3.03. The van der Waals surface area contributed by atoms with Crippen molar-refractivity contribution < 1.29 is 23.0 Å². The molecule has 0 heterocycles. The zero-order chi connectivity index (χ0) is 15.6. The van der Waals surface area contributed by atoms with Crippen molar-refractivity contribution in [2.45, 2.75) is 39.2 Å². The molecule has 2 rings (SSSR count). The van der Waals surface area contributed by atoms with Crippen LogP contribution in [0.1, 0.15) is 38.4 Å². The molecule has 3 atom stereocenters. The van der Waals surface area contributed by atoms with Gasteiger partial charge in [0.25, 0.3) is 0 Å². The van der Waals surface area contributed by atoms with Crippen LogP contribution in [0.3, 0.4) is 0 Å². The second-order valence-corrected chi connectivity index (χ2v) is 5.72. The number of alkyl halides is 3. The molecule has 1 aliphatic rings. The van der Waals surface area contributed by atoms with Crippen molar-refractivity contribution in [1.82, 2.24) is 0 Å². The number of hydrogen-bond acceptors (Lipinski definition) is 2. The molecule has 116 valence electrons. The molecule has 0 bridgehead atoms. The standard InChI is InChI=1S/C16H19F3O2/c1-10-7-11(2)9-12(8-10)15(20)13-5-3-4-6-14(13)21-16(17,18)19/h3-7,10,12,15,20H,8-9H2,1-2H3. The first-order chi connectivity index (χ1) is 9.76. The van der Waals surface area contributed by atoms with Crippen LogP contribution in [0.4, 0.5) is 13.2 Å². The van der Waals surface area contributed by atoms with Crippen LogP contribution in [0.5, 0.6) is 5.75 Å². The molecule has 0 aromatic heterocycles. The van der Waals surface area contributed by atoms with Gasteiger partial charge in [0, 0.05) is 5.56 Å². The third-order valence-corrected chi connectivity index (χ3v) is 3.74. The van der Waals surface area contributed by atoms with Crippen molar-refractivity contribution >= 4 is 0 Å². The van der Waals surface area contributed by atoms with Crippen LogP contribution >= 0.6 is 0 Å². The zero-order valence-corrected chi connectivity index (χ0v) is 12.0. The van der Waals surface area contributed by atoms with E-state index in [0.29, 0.717) is 12.3 Å². The Hall–Kier alpha value is -1.49. The predicted octanol–water partition coefficient (Wildman–Crippen LogP) is 4.61. The molecule has 3 unspecified atom stereocenters. The fraction of sp³-hybridized carbons (Fsp3) is 0.500. The summed E-state index contributed by atoms with van der Waals surface area (Å²) in [6, 6.07) is 5.80. The van der Waals surface area contributed by atoms with Gasteiger partial charge in [-0.1, -0.05) is 36.8 Å². The highest BCUT2D eigenvalue weighted by molar-refractivity contribution is 5.36. The molecule has 0 saturated heterocycles. The molecule has 0 radical (unpaired) electrons. The molecular weight excluding hydrogens is 281 g/mol. The van der Waals surface area contributed by atoms with Crippen LogP contribution in [-0.4, -0.2) is 11.5 Å². The number of ether oxygens (including phenoxy) is 1. The van der Waals surface area contributed by atoms with Gasteiger partial charge < -0.3 is 9.84 Å².